The zero-order valence-corrected chi connectivity index (χ0v) is 15.3. The molecule has 1 fully saturated rings. The third-order valence-electron chi connectivity index (χ3n) is 3.50. The van der Waals surface area contributed by atoms with Crippen molar-refractivity contribution in [1.82, 2.24) is 9.88 Å². The van der Waals surface area contributed by atoms with Crippen molar-refractivity contribution < 1.29 is 23.0 Å². The molecule has 0 spiro atoms. The predicted molar refractivity (Wildman–Crippen MR) is 90.0 cm³/mol. The monoisotopic (exact) mass is 377 g/mol. The van der Waals surface area contributed by atoms with Crippen LogP contribution in [0.1, 0.15) is 27.7 Å². The quantitative estimate of drug-likeness (QED) is 0.868. The van der Waals surface area contributed by atoms with Gasteiger partial charge in [-0.2, -0.15) is 8.78 Å². The van der Waals surface area contributed by atoms with Crippen molar-refractivity contribution in [2.24, 2.45) is 0 Å². The molecule has 0 bridgehead atoms. The Morgan fingerprint density at radius 1 is 1.52 bits per heavy atom. The van der Waals surface area contributed by atoms with Crippen LogP contribution in [0.4, 0.5) is 19.4 Å². The number of morpholine rings is 1. The minimum atomic E-state index is -3.43. The molecule has 1 amide bonds. The lowest BCUT2D eigenvalue weighted by molar-refractivity contribution is -0.300. The van der Waals surface area contributed by atoms with Crippen LogP contribution in [0.5, 0.6) is 0 Å². The van der Waals surface area contributed by atoms with Gasteiger partial charge in [-0.15, -0.1) is 0 Å². The van der Waals surface area contributed by atoms with E-state index >= 15 is 0 Å². The Balaban J connectivity index is 2.12. The maximum absolute atomic E-state index is 13.8. The van der Waals surface area contributed by atoms with Crippen molar-refractivity contribution in [1.29, 1.82) is 0 Å². The van der Waals surface area contributed by atoms with Gasteiger partial charge in [-0.05, 0) is 39.8 Å². The number of hydrogen-bond acceptors (Lipinski definition) is 5. The summed E-state index contributed by atoms with van der Waals surface area (Å²) >= 11 is 5.78. The number of ether oxygens (including phenoxy) is 2. The van der Waals surface area contributed by atoms with Crippen molar-refractivity contribution in [2.45, 2.75) is 51.6 Å². The average Bonchev–Trinajstić information content (AvgIpc) is 2.45. The molecule has 2 rings (SSSR count). The molecule has 9 heteroatoms. The average molecular weight is 378 g/mol. The van der Waals surface area contributed by atoms with E-state index in [4.69, 9.17) is 21.1 Å². The first-order valence-electron chi connectivity index (χ1n) is 7.87. The zero-order valence-electron chi connectivity index (χ0n) is 14.6. The van der Waals surface area contributed by atoms with Crippen LogP contribution >= 0.6 is 11.6 Å². The zero-order chi connectivity index (χ0) is 18.8. The highest BCUT2D eigenvalue weighted by Gasteiger charge is 2.48. The second kappa shape index (κ2) is 7.29. The summed E-state index contributed by atoms with van der Waals surface area (Å²) in [6, 6.07) is 2.66. The van der Waals surface area contributed by atoms with Gasteiger partial charge in [0.1, 0.15) is 18.0 Å². The van der Waals surface area contributed by atoms with E-state index in [1.807, 2.05) is 0 Å². The number of amides is 1. The number of carbonyl (C=O) groups excluding carboxylic acids is 1. The van der Waals surface area contributed by atoms with E-state index in [-0.39, 0.29) is 6.54 Å². The smallest absolute Gasteiger partial charge is 0.410 e. The van der Waals surface area contributed by atoms with Crippen molar-refractivity contribution in [2.75, 3.05) is 18.4 Å². The van der Waals surface area contributed by atoms with Gasteiger partial charge in [0, 0.05) is 12.7 Å². The van der Waals surface area contributed by atoms with E-state index in [2.05, 4.69) is 10.3 Å². The summed E-state index contributed by atoms with van der Waals surface area (Å²) in [6.07, 6.45) is -3.66. The van der Waals surface area contributed by atoms with Gasteiger partial charge >= 0.3 is 12.2 Å². The Hall–Kier alpha value is -1.67. The molecule has 0 unspecified atom stereocenters. The Labute approximate surface area is 150 Å². The van der Waals surface area contributed by atoms with Crippen molar-refractivity contribution in [3.05, 3.63) is 23.4 Å². The number of pyridine rings is 1. The molecular weight excluding hydrogens is 356 g/mol. The maximum Gasteiger partial charge on any atom is 0.410 e. The van der Waals surface area contributed by atoms with Crippen LogP contribution in [0.3, 0.4) is 0 Å². The molecule has 1 saturated heterocycles. The molecular formula is C16H22ClF2N3O3. The standard InChI is InChI=1S/C16H22ClF2N3O3/c1-10-12(8-21-13-6-5-11(17)7-20-13)22(9-16(18,19)24-10)14(23)25-15(2,3)4/h5-7,10,12H,8-9H2,1-4H3,(H,20,21)/t10-,12+/m0/s1. The molecule has 2 heterocycles. The Kier molecular flexibility index (Phi) is 5.73. The van der Waals surface area contributed by atoms with Gasteiger partial charge in [0.05, 0.1) is 17.2 Å². The number of anilines is 1. The number of aromatic nitrogens is 1. The number of nitrogens with zero attached hydrogens (tertiary/aromatic N) is 2. The normalized spacial score (nSPS) is 23.2. The summed E-state index contributed by atoms with van der Waals surface area (Å²) in [5, 5.41) is 3.48. The third-order valence-corrected chi connectivity index (χ3v) is 3.73. The van der Waals surface area contributed by atoms with Crippen LogP contribution in [0.25, 0.3) is 0 Å². The lowest BCUT2D eigenvalue weighted by Gasteiger charge is -2.43. The first-order chi connectivity index (χ1) is 11.5. The highest BCUT2D eigenvalue weighted by atomic mass is 35.5. The molecule has 1 N–H and O–H groups in total. The van der Waals surface area contributed by atoms with Gasteiger partial charge < -0.3 is 14.8 Å². The van der Waals surface area contributed by atoms with Crippen molar-refractivity contribution in [3.8, 4) is 0 Å². The van der Waals surface area contributed by atoms with Gasteiger partial charge in [0.25, 0.3) is 0 Å². The molecule has 0 saturated carbocycles. The van der Waals surface area contributed by atoms with Crippen LogP contribution in [0.15, 0.2) is 18.3 Å². The van der Waals surface area contributed by atoms with Gasteiger partial charge in [-0.3, -0.25) is 4.90 Å². The van der Waals surface area contributed by atoms with E-state index in [1.54, 1.807) is 32.9 Å². The Morgan fingerprint density at radius 2 is 2.20 bits per heavy atom. The number of carbonyl (C=O) groups is 1. The number of hydrogen-bond donors (Lipinski definition) is 1. The van der Waals surface area contributed by atoms with Crippen LogP contribution in [0.2, 0.25) is 5.02 Å². The summed E-state index contributed by atoms with van der Waals surface area (Å²) in [4.78, 5) is 17.4. The Bertz CT molecular complexity index is 608. The lowest BCUT2D eigenvalue weighted by atomic mass is 10.1. The first kappa shape index (κ1) is 19.7. The molecule has 2 atom stereocenters. The molecule has 0 radical (unpaired) electrons. The summed E-state index contributed by atoms with van der Waals surface area (Å²) in [6.45, 7) is 5.83. The fourth-order valence-electron chi connectivity index (χ4n) is 2.44. The highest BCUT2D eigenvalue weighted by Crippen LogP contribution is 2.30. The van der Waals surface area contributed by atoms with Crippen molar-refractivity contribution in [3.63, 3.8) is 0 Å². The Morgan fingerprint density at radius 3 is 2.76 bits per heavy atom. The number of alkyl halides is 2. The molecule has 1 aliphatic heterocycles. The van der Waals surface area contributed by atoms with Gasteiger partial charge in [0.15, 0.2) is 0 Å². The van der Waals surface area contributed by atoms with Crippen molar-refractivity contribution >= 4 is 23.5 Å². The van der Waals surface area contributed by atoms with Gasteiger partial charge in [-0.25, -0.2) is 9.78 Å². The fraction of sp³-hybridized carbons (Fsp3) is 0.625. The minimum absolute atomic E-state index is 0.172. The lowest BCUT2D eigenvalue weighted by Crippen LogP contribution is -2.61. The number of nitrogens with one attached hydrogen (secondary N) is 1. The van der Waals surface area contributed by atoms with Crippen LogP contribution in [-0.4, -0.2) is 52.9 Å². The molecule has 1 aromatic heterocycles. The second-order valence-corrected chi connectivity index (χ2v) is 7.31. The van der Waals surface area contributed by atoms with E-state index in [1.165, 1.54) is 13.1 Å². The van der Waals surface area contributed by atoms with Crippen LogP contribution in [0, 0.1) is 0 Å². The SMILES string of the molecule is C[C@@H]1OC(F)(F)CN(C(=O)OC(C)(C)C)[C@@H]1CNc1ccc(Cl)cn1. The number of halogens is 3. The molecule has 6 nitrogen and oxygen atoms in total. The van der Waals surface area contributed by atoms with Crippen LogP contribution in [-0.2, 0) is 9.47 Å². The van der Waals surface area contributed by atoms with Gasteiger partial charge in [-0.1, -0.05) is 11.6 Å². The van der Waals surface area contributed by atoms with E-state index in [0.29, 0.717) is 10.8 Å². The third kappa shape index (κ3) is 5.67. The maximum atomic E-state index is 13.8. The summed E-state index contributed by atoms with van der Waals surface area (Å²) < 4.78 is 37.5. The predicted octanol–water partition coefficient (Wildman–Crippen LogP) is 3.76. The topological polar surface area (TPSA) is 63.7 Å². The second-order valence-electron chi connectivity index (χ2n) is 6.88. The molecule has 1 aromatic rings. The summed E-state index contributed by atoms with van der Waals surface area (Å²) in [5.41, 5.74) is -0.788. The fourth-order valence-corrected chi connectivity index (χ4v) is 2.55. The molecule has 140 valence electrons. The number of rotatable bonds is 3. The van der Waals surface area contributed by atoms with Crippen LogP contribution < -0.4 is 5.32 Å². The summed E-state index contributed by atoms with van der Waals surface area (Å²) in [5.74, 6) is 0.512. The largest absolute Gasteiger partial charge is 0.444 e. The van der Waals surface area contributed by atoms with E-state index < -0.39 is 36.5 Å². The molecule has 1 aliphatic rings. The van der Waals surface area contributed by atoms with E-state index in [9.17, 15) is 13.6 Å². The molecule has 0 aromatic carbocycles. The first-order valence-corrected chi connectivity index (χ1v) is 8.25. The molecule has 0 aliphatic carbocycles. The molecule has 25 heavy (non-hydrogen) atoms. The minimum Gasteiger partial charge on any atom is -0.444 e. The van der Waals surface area contributed by atoms with Gasteiger partial charge in [0.2, 0.25) is 0 Å². The van der Waals surface area contributed by atoms with E-state index in [0.717, 1.165) is 4.90 Å². The highest BCUT2D eigenvalue weighted by molar-refractivity contribution is 6.30. The summed E-state index contributed by atoms with van der Waals surface area (Å²) in [7, 11) is 0.